The van der Waals surface area contributed by atoms with E-state index in [4.69, 9.17) is 39.2 Å². The van der Waals surface area contributed by atoms with E-state index < -0.39 is 27.6 Å². The van der Waals surface area contributed by atoms with Crippen LogP contribution in [0.2, 0.25) is 0 Å². The van der Waals surface area contributed by atoms with E-state index in [2.05, 4.69) is 34.8 Å². The summed E-state index contributed by atoms with van der Waals surface area (Å²) in [5.41, 5.74) is 1.29. The Morgan fingerprint density at radius 3 is 1.21 bits per heavy atom. The summed E-state index contributed by atoms with van der Waals surface area (Å²) >= 11 is 0. The van der Waals surface area contributed by atoms with Gasteiger partial charge in [0.05, 0.1) is 18.0 Å². The molecule has 0 spiro atoms. The van der Waals surface area contributed by atoms with E-state index in [9.17, 15) is 8.78 Å². The van der Waals surface area contributed by atoms with Gasteiger partial charge in [-0.15, -0.1) is 10.2 Å². The summed E-state index contributed by atoms with van der Waals surface area (Å²) in [5.74, 6) is -1.62. The number of para-hydroxylation sites is 1. The smallest absolute Gasteiger partial charge is 0.0886 e. The first-order chi connectivity index (χ1) is 15.7. The van der Waals surface area contributed by atoms with E-state index >= 15 is 0 Å². The summed E-state index contributed by atoms with van der Waals surface area (Å²) in [6.45, 7) is 19.9. The van der Waals surface area contributed by atoms with E-state index in [0.29, 0.717) is 0 Å². The van der Waals surface area contributed by atoms with Crippen LogP contribution in [0.5, 0.6) is 0 Å². The van der Waals surface area contributed by atoms with Crippen molar-refractivity contribution in [1.29, 1.82) is 0 Å². The third-order valence-electron chi connectivity index (χ3n) is 2.64. The van der Waals surface area contributed by atoms with Crippen LogP contribution in [-0.4, -0.2) is 9.97 Å². The Kier molecular flexibility index (Phi) is 27.3. The van der Waals surface area contributed by atoms with Gasteiger partial charge in [-0.1, -0.05) is 18.2 Å². The van der Waals surface area contributed by atoms with Crippen molar-refractivity contribution in [2.45, 2.75) is 0 Å². The van der Waals surface area contributed by atoms with Crippen molar-refractivity contribution in [3.8, 4) is 11.4 Å². The van der Waals surface area contributed by atoms with Gasteiger partial charge in [-0.2, -0.15) is 0 Å². The van der Waals surface area contributed by atoms with Crippen molar-refractivity contribution in [2.75, 3.05) is 0 Å². The van der Waals surface area contributed by atoms with Gasteiger partial charge in [0.25, 0.3) is 5.69 Å². The molecule has 2 aromatic heterocycles. The Labute approximate surface area is 205 Å². The van der Waals surface area contributed by atoms with Gasteiger partial charge in [0, 0.05) is 29.5 Å². The van der Waals surface area contributed by atoms with Crippen LogP contribution in [0.15, 0.2) is 67.0 Å². The number of benzene rings is 1. The molecule has 0 aliphatic rings. The maximum Gasteiger partial charge on any atom is 0.0886 e. The molecule has 0 fully saturated rings. The van der Waals surface area contributed by atoms with Crippen LogP contribution in [0.25, 0.3) is 16.2 Å². The minimum Gasteiger partial charge on any atom is -0.255 e. The van der Waals surface area contributed by atoms with Gasteiger partial charge in [-0.05, 0) is 36.4 Å². The van der Waals surface area contributed by atoms with Crippen molar-refractivity contribution < 1.29 is 68.7 Å². The predicted molar refractivity (Wildman–Crippen MR) is 91.9 cm³/mol. The van der Waals surface area contributed by atoms with Crippen LogP contribution in [-0.2, 0) is 31.0 Å². The second-order valence-electron chi connectivity index (χ2n) is 4.49. The maximum atomic E-state index is 12.4. The molecule has 0 saturated heterocycles. The zero-order valence-electron chi connectivity index (χ0n) is 16.6. The van der Waals surface area contributed by atoms with E-state index in [1.54, 1.807) is 12.4 Å². The molecule has 1 radical (unpaired) electrons. The topological polar surface area (TPSA) is 182 Å². The number of rotatable bonds is 1. The van der Waals surface area contributed by atoms with Crippen LogP contribution in [0.3, 0.4) is 0 Å². The standard InChI is InChI=1S/C10H8N2.C7H3F2N.3CO.ClHO4.Mn/c1-3-7-11-9(5-1)10-6-2-4-8-12-10;1-10-7-5(8)3-2-4-6(7)9;3*1-2;2-1(3,4)5;/h1-8H;2-4H;;;;(H,2,3,4,5);/p-1. The average Bonchev–Trinajstić information content (AvgIpc) is 2.84. The Hall–Kier alpha value is -3.26. The Balaban J connectivity index is -0.000000186. The summed E-state index contributed by atoms with van der Waals surface area (Å²) in [6, 6.07) is 14.9. The largest absolute Gasteiger partial charge is 0.255 e. The molecule has 2 heterocycles. The molecular weight excluding hydrogens is 523 g/mol. The molecule has 3 aromatic rings. The number of hydrogen-bond acceptors (Lipinski definition) is 6. The Morgan fingerprint density at radius 2 is 1.00 bits per heavy atom. The third-order valence-corrected chi connectivity index (χ3v) is 2.64. The van der Waals surface area contributed by atoms with Crippen molar-refractivity contribution in [2.24, 2.45) is 0 Å². The minimum atomic E-state index is -4.94. The van der Waals surface area contributed by atoms with Crippen LogP contribution in [0.4, 0.5) is 14.5 Å². The fourth-order valence-corrected chi connectivity index (χ4v) is 1.62. The molecule has 177 valence electrons. The van der Waals surface area contributed by atoms with Crippen LogP contribution < -0.4 is 18.6 Å². The van der Waals surface area contributed by atoms with Gasteiger partial charge in [-0.3, -0.25) is 9.97 Å². The summed E-state index contributed by atoms with van der Waals surface area (Å²) in [7, 11) is -4.94. The van der Waals surface area contributed by atoms with Crippen molar-refractivity contribution >= 4 is 5.69 Å². The van der Waals surface area contributed by atoms with Gasteiger partial charge >= 0.3 is 33.9 Å². The number of aromatic nitrogens is 2. The molecule has 0 atom stereocenters. The normalized spacial score (nSPS) is 7.97. The fraction of sp³-hybridized carbons (Fsp3) is 0. The van der Waals surface area contributed by atoms with Crippen molar-refractivity contribution in [1.82, 2.24) is 9.97 Å². The first-order valence-corrected chi connectivity index (χ1v) is 8.82. The Morgan fingerprint density at radius 1 is 0.676 bits per heavy atom. The van der Waals surface area contributed by atoms with Gasteiger partial charge in [0.1, 0.15) is 11.6 Å². The van der Waals surface area contributed by atoms with Gasteiger partial charge in [-0.25, -0.2) is 32.3 Å². The first kappa shape index (κ1) is 38.0. The average molecular weight is 534 g/mol. The molecule has 3 rings (SSSR count). The molecule has 0 N–H and O–H groups in total. The van der Waals surface area contributed by atoms with E-state index in [1.807, 2.05) is 36.4 Å². The maximum absolute atomic E-state index is 12.4. The van der Waals surface area contributed by atoms with E-state index in [0.717, 1.165) is 23.5 Å². The van der Waals surface area contributed by atoms with E-state index in [-0.39, 0.29) is 17.1 Å². The first-order valence-electron chi connectivity index (χ1n) is 7.59. The molecule has 34 heavy (non-hydrogen) atoms. The third kappa shape index (κ3) is 20.6. The van der Waals surface area contributed by atoms with Gasteiger partial charge in [0.2, 0.25) is 0 Å². The second-order valence-corrected chi connectivity index (χ2v) is 5.25. The molecule has 0 saturated carbocycles. The number of halogens is 3. The fourth-order valence-electron chi connectivity index (χ4n) is 1.62. The Bertz CT molecular complexity index is 936. The van der Waals surface area contributed by atoms with Crippen LogP contribution in [0.1, 0.15) is 0 Å². The van der Waals surface area contributed by atoms with Crippen LogP contribution >= 0.6 is 0 Å². The summed E-state index contributed by atoms with van der Waals surface area (Å²) in [6.07, 6.45) is 3.54. The summed E-state index contributed by atoms with van der Waals surface area (Å²) < 4.78 is 81.3. The number of hydrogen-bond donors (Lipinski definition) is 0. The molecule has 0 unspecified atom stereocenters. The monoisotopic (exact) mass is 533 g/mol. The zero-order chi connectivity index (χ0) is 26.3. The van der Waals surface area contributed by atoms with Crippen LogP contribution in [0, 0.1) is 48.4 Å². The zero-order valence-corrected chi connectivity index (χ0v) is 18.5. The van der Waals surface area contributed by atoms with E-state index in [1.165, 1.54) is 6.07 Å². The number of nitrogens with zero attached hydrogens (tertiary/aromatic N) is 3. The molecule has 1 aromatic carbocycles. The summed E-state index contributed by atoms with van der Waals surface area (Å²) in [4.78, 5) is 11.0. The quantitative estimate of drug-likeness (QED) is 0.237. The van der Waals surface area contributed by atoms with Crippen molar-refractivity contribution in [3.63, 3.8) is 0 Å². The molecule has 0 aliphatic carbocycles. The molecular formula is C20H11ClF2MnN3O7-. The van der Waals surface area contributed by atoms with Gasteiger partial charge < -0.3 is 0 Å². The molecule has 14 heteroatoms. The molecule has 0 bridgehead atoms. The molecule has 0 amide bonds. The van der Waals surface area contributed by atoms with Gasteiger partial charge in [0.15, 0.2) is 0 Å². The number of pyridine rings is 2. The van der Waals surface area contributed by atoms with Crippen molar-refractivity contribution in [3.05, 3.63) is 110 Å². The SMILES string of the molecule is [C-]#[N+]c1c(F)cccc1F.[C-]#[O+].[C-]#[O+].[C-]#[O+].[Mn].[O-][Cl+3]([O-])([O-])[O-].c1ccc(-c2ccccn2)nc1. The predicted octanol–water partition coefficient (Wildman–Crippen LogP) is -0.212. The summed E-state index contributed by atoms with van der Waals surface area (Å²) in [5, 5.41) is 0. The second kappa shape index (κ2) is 24.4. The minimum absolute atomic E-state index is 0. The molecule has 0 aliphatic heterocycles. The molecule has 10 nitrogen and oxygen atoms in total.